The molecule has 0 spiro atoms. The molecule has 4 rings (SSSR count). The fourth-order valence-electron chi connectivity index (χ4n) is 4.12. The van der Waals surface area contributed by atoms with Crippen LogP contribution in [-0.4, -0.2) is 50.0 Å². The number of anilines is 1. The molecule has 0 bridgehead atoms. The third kappa shape index (κ3) is 4.14. The lowest BCUT2D eigenvalue weighted by molar-refractivity contribution is 0.0693. The highest BCUT2D eigenvalue weighted by molar-refractivity contribution is 5.96. The number of rotatable bonds is 5. The Hall–Kier alpha value is -4.09. The minimum atomic E-state index is -1.20. The quantitative estimate of drug-likeness (QED) is 0.565. The Bertz CT molecular complexity index is 1280. The molecule has 3 aromatic rings. The van der Waals surface area contributed by atoms with E-state index in [1.165, 1.54) is 30.2 Å². The number of aromatic nitrogens is 4. The maximum atomic E-state index is 14.2. The normalized spacial score (nSPS) is 14.1. The van der Waals surface area contributed by atoms with Gasteiger partial charge >= 0.3 is 17.7 Å². The summed E-state index contributed by atoms with van der Waals surface area (Å²) < 4.78 is 34.4. The molecule has 178 valence electrons. The SMILES string of the molecule is COc1cc(N(C(=O)n2nnn(-c3c(F)cccc3F)c2=O)C2CCCCC2)ccc1C(=O)O. The fourth-order valence-corrected chi connectivity index (χ4v) is 4.12. The van der Waals surface area contributed by atoms with E-state index in [0.717, 1.165) is 37.5 Å². The van der Waals surface area contributed by atoms with Crippen molar-refractivity contribution in [1.82, 2.24) is 19.8 Å². The molecule has 1 aliphatic rings. The van der Waals surface area contributed by atoms with E-state index in [-0.39, 0.29) is 23.0 Å². The highest BCUT2D eigenvalue weighted by Gasteiger charge is 2.32. The van der Waals surface area contributed by atoms with Gasteiger partial charge in [0.1, 0.15) is 17.0 Å². The van der Waals surface area contributed by atoms with Crippen LogP contribution in [0.4, 0.5) is 19.3 Å². The van der Waals surface area contributed by atoms with Gasteiger partial charge in [0, 0.05) is 17.8 Å². The fraction of sp³-hybridized carbons (Fsp3) is 0.318. The molecule has 0 radical (unpaired) electrons. The highest BCUT2D eigenvalue weighted by atomic mass is 19.1. The number of amides is 1. The molecule has 1 aromatic heterocycles. The summed E-state index contributed by atoms with van der Waals surface area (Å²) in [7, 11) is 1.30. The molecule has 1 amide bonds. The summed E-state index contributed by atoms with van der Waals surface area (Å²) in [4.78, 5) is 39.2. The first-order valence-electron chi connectivity index (χ1n) is 10.6. The van der Waals surface area contributed by atoms with E-state index in [1.54, 1.807) is 0 Å². The second kappa shape index (κ2) is 9.41. The molecule has 1 fully saturated rings. The van der Waals surface area contributed by atoms with Crippen molar-refractivity contribution in [3.05, 3.63) is 64.1 Å². The van der Waals surface area contributed by atoms with Crippen molar-refractivity contribution in [3.63, 3.8) is 0 Å². The number of carboxylic acids is 1. The maximum Gasteiger partial charge on any atom is 0.377 e. The number of hydrogen-bond donors (Lipinski definition) is 1. The van der Waals surface area contributed by atoms with E-state index in [0.29, 0.717) is 22.2 Å². The Labute approximate surface area is 192 Å². The number of carbonyl (C=O) groups is 2. The molecule has 12 heteroatoms. The van der Waals surface area contributed by atoms with Crippen LogP contribution >= 0.6 is 0 Å². The van der Waals surface area contributed by atoms with Gasteiger partial charge in [0.2, 0.25) is 0 Å². The third-order valence-electron chi connectivity index (χ3n) is 5.75. The van der Waals surface area contributed by atoms with Crippen molar-refractivity contribution >= 4 is 17.7 Å². The van der Waals surface area contributed by atoms with Gasteiger partial charge in [-0.1, -0.05) is 25.3 Å². The average Bonchev–Trinajstić information content (AvgIpc) is 3.20. The predicted molar refractivity (Wildman–Crippen MR) is 116 cm³/mol. The van der Waals surface area contributed by atoms with E-state index >= 15 is 0 Å². The van der Waals surface area contributed by atoms with Crippen LogP contribution in [0.5, 0.6) is 5.75 Å². The van der Waals surface area contributed by atoms with Crippen LogP contribution in [0.1, 0.15) is 42.5 Å². The van der Waals surface area contributed by atoms with Crippen LogP contribution in [0.2, 0.25) is 0 Å². The first-order valence-corrected chi connectivity index (χ1v) is 10.6. The zero-order chi connectivity index (χ0) is 24.4. The van der Waals surface area contributed by atoms with Crippen molar-refractivity contribution in [1.29, 1.82) is 0 Å². The molecule has 1 heterocycles. The Balaban J connectivity index is 1.80. The molecule has 2 aromatic carbocycles. The summed E-state index contributed by atoms with van der Waals surface area (Å²) in [6.45, 7) is 0. The zero-order valence-corrected chi connectivity index (χ0v) is 18.1. The Morgan fingerprint density at radius 1 is 1.09 bits per heavy atom. The van der Waals surface area contributed by atoms with Gasteiger partial charge in [0.25, 0.3) is 0 Å². The molecular weight excluding hydrogens is 452 g/mol. The molecule has 1 N–H and O–H groups in total. The summed E-state index contributed by atoms with van der Waals surface area (Å²) in [5.74, 6) is -3.26. The number of tetrazole rings is 1. The molecule has 1 aliphatic carbocycles. The number of benzene rings is 2. The minimum Gasteiger partial charge on any atom is -0.496 e. The molecule has 0 saturated heterocycles. The lowest BCUT2D eigenvalue weighted by atomic mass is 9.94. The van der Waals surface area contributed by atoms with Crippen molar-refractivity contribution in [3.8, 4) is 11.4 Å². The van der Waals surface area contributed by atoms with Gasteiger partial charge in [-0.05, 0) is 47.5 Å². The molecule has 10 nitrogen and oxygen atoms in total. The number of nitrogens with zero attached hydrogens (tertiary/aromatic N) is 5. The van der Waals surface area contributed by atoms with Crippen LogP contribution < -0.4 is 15.3 Å². The highest BCUT2D eigenvalue weighted by Crippen LogP contribution is 2.32. The molecule has 0 aliphatic heterocycles. The lowest BCUT2D eigenvalue weighted by Crippen LogP contribution is -2.47. The summed E-state index contributed by atoms with van der Waals surface area (Å²) in [6, 6.07) is 5.97. The van der Waals surface area contributed by atoms with Crippen LogP contribution in [0.25, 0.3) is 5.69 Å². The average molecular weight is 473 g/mol. The van der Waals surface area contributed by atoms with Gasteiger partial charge in [-0.2, -0.15) is 4.68 Å². The van der Waals surface area contributed by atoms with Gasteiger partial charge in [-0.25, -0.2) is 23.2 Å². The smallest absolute Gasteiger partial charge is 0.377 e. The Morgan fingerprint density at radius 2 is 1.76 bits per heavy atom. The zero-order valence-electron chi connectivity index (χ0n) is 18.1. The number of carbonyl (C=O) groups excluding carboxylic acids is 1. The number of aromatic carboxylic acids is 1. The number of hydrogen-bond acceptors (Lipinski definition) is 6. The van der Waals surface area contributed by atoms with Crippen molar-refractivity contribution in [2.75, 3.05) is 12.0 Å². The number of carboxylic acid groups (broad SMARTS) is 1. The van der Waals surface area contributed by atoms with Crippen molar-refractivity contribution in [2.24, 2.45) is 0 Å². The van der Waals surface area contributed by atoms with Gasteiger partial charge < -0.3 is 9.84 Å². The molecule has 0 unspecified atom stereocenters. The second-order valence-corrected chi connectivity index (χ2v) is 7.79. The Kier molecular flexibility index (Phi) is 6.39. The monoisotopic (exact) mass is 473 g/mol. The van der Waals surface area contributed by atoms with Crippen molar-refractivity contribution in [2.45, 2.75) is 38.1 Å². The maximum absolute atomic E-state index is 14.2. The molecular formula is C22H21F2N5O5. The largest absolute Gasteiger partial charge is 0.496 e. The van der Waals surface area contributed by atoms with Crippen LogP contribution in [0.3, 0.4) is 0 Å². The summed E-state index contributed by atoms with van der Waals surface area (Å²) >= 11 is 0. The standard InChI is InChI=1S/C22H21F2N5O5/c1-34-18-12-14(10-11-15(18)20(30)31)27(13-6-3-2-4-7-13)21(32)29-22(33)28(25-26-29)19-16(23)8-5-9-17(19)24/h5,8-13H,2-4,6-7H2,1H3,(H,30,31). The third-order valence-corrected chi connectivity index (χ3v) is 5.75. The molecule has 34 heavy (non-hydrogen) atoms. The predicted octanol–water partition coefficient (Wildman–Crippen LogP) is 3.22. The topological polar surface area (TPSA) is 120 Å². The van der Waals surface area contributed by atoms with Crippen molar-refractivity contribution < 1.29 is 28.2 Å². The molecule has 0 atom stereocenters. The van der Waals surface area contributed by atoms with Gasteiger partial charge in [0.15, 0.2) is 11.6 Å². The summed E-state index contributed by atoms with van der Waals surface area (Å²) in [6.07, 6.45) is 3.96. The first kappa shape index (κ1) is 23.1. The van der Waals surface area contributed by atoms with Gasteiger partial charge in [0.05, 0.1) is 7.11 Å². The number of para-hydroxylation sites is 1. The van der Waals surface area contributed by atoms with E-state index in [4.69, 9.17) is 4.74 Å². The Morgan fingerprint density at radius 3 is 2.38 bits per heavy atom. The lowest BCUT2D eigenvalue weighted by Gasteiger charge is -2.33. The van der Waals surface area contributed by atoms with E-state index in [1.807, 2.05) is 0 Å². The van der Waals surface area contributed by atoms with Crippen LogP contribution in [-0.2, 0) is 0 Å². The summed E-state index contributed by atoms with van der Waals surface area (Å²) in [5.41, 5.74) is -1.70. The molecule has 1 saturated carbocycles. The second-order valence-electron chi connectivity index (χ2n) is 7.79. The van der Waals surface area contributed by atoms with E-state index in [9.17, 15) is 28.3 Å². The number of halogens is 2. The van der Waals surface area contributed by atoms with Gasteiger partial charge in [-0.3, -0.25) is 4.90 Å². The van der Waals surface area contributed by atoms with Gasteiger partial charge in [-0.15, -0.1) is 4.68 Å². The van der Waals surface area contributed by atoms with Crippen LogP contribution in [0.15, 0.2) is 41.2 Å². The minimum absolute atomic E-state index is 0.0306. The van der Waals surface area contributed by atoms with E-state index < -0.39 is 35.0 Å². The number of ether oxygens (including phenoxy) is 1. The first-order chi connectivity index (χ1) is 16.3. The van der Waals surface area contributed by atoms with Crippen LogP contribution in [0, 0.1) is 11.6 Å². The summed E-state index contributed by atoms with van der Waals surface area (Å²) in [5, 5.41) is 16.4. The number of methoxy groups -OCH3 is 1. The van der Waals surface area contributed by atoms with E-state index in [2.05, 4.69) is 10.4 Å².